The van der Waals surface area contributed by atoms with Gasteiger partial charge in [0.25, 0.3) is 0 Å². The minimum absolute atomic E-state index is 0.0193. The maximum atomic E-state index is 13.1. The molecule has 0 saturated heterocycles. The molecule has 1 unspecified atom stereocenters. The lowest BCUT2D eigenvalue weighted by Gasteiger charge is -2.37. The molecule has 0 aliphatic heterocycles. The van der Waals surface area contributed by atoms with Crippen molar-refractivity contribution in [1.29, 1.82) is 0 Å². The molecule has 26 heavy (non-hydrogen) atoms. The second-order valence-electron chi connectivity index (χ2n) is 8.16. The van der Waals surface area contributed by atoms with Crippen molar-refractivity contribution < 1.29 is 19.5 Å². The summed E-state index contributed by atoms with van der Waals surface area (Å²) in [5.41, 5.74) is -0.315. The van der Waals surface area contributed by atoms with Crippen LogP contribution in [0.4, 0.5) is 0 Å². The Kier molecular flexibility index (Phi) is 9.00. The van der Waals surface area contributed by atoms with Gasteiger partial charge in [-0.2, -0.15) is 0 Å². The van der Waals surface area contributed by atoms with E-state index in [0.29, 0.717) is 0 Å². The number of rotatable bonds is 8. The van der Waals surface area contributed by atoms with E-state index in [2.05, 4.69) is 10.6 Å². The van der Waals surface area contributed by atoms with E-state index in [4.69, 9.17) is 5.11 Å². The highest BCUT2D eigenvalue weighted by Crippen LogP contribution is 2.23. The van der Waals surface area contributed by atoms with Gasteiger partial charge >= 0.3 is 5.97 Å². The van der Waals surface area contributed by atoms with Crippen molar-refractivity contribution in [2.24, 2.45) is 11.3 Å². The van der Waals surface area contributed by atoms with Crippen LogP contribution >= 0.6 is 0 Å². The number of hydrogen-bond donors (Lipinski definition) is 3. The molecule has 3 atom stereocenters. The molecule has 7 nitrogen and oxygen atoms in total. The zero-order chi connectivity index (χ0) is 20.8. The van der Waals surface area contributed by atoms with Gasteiger partial charge in [-0.3, -0.25) is 9.59 Å². The lowest BCUT2D eigenvalue weighted by molar-refractivity contribution is -0.140. The van der Waals surface area contributed by atoms with Crippen molar-refractivity contribution in [2.45, 2.75) is 66.6 Å². The van der Waals surface area contributed by atoms with E-state index < -0.39 is 23.5 Å². The van der Waals surface area contributed by atoms with E-state index >= 15 is 0 Å². The van der Waals surface area contributed by atoms with Gasteiger partial charge in [-0.05, 0) is 32.2 Å². The number of carboxylic acid groups (broad SMARTS) is 1. The van der Waals surface area contributed by atoms with Gasteiger partial charge in [0.15, 0.2) is 0 Å². The number of carboxylic acids is 1. The fourth-order valence-corrected chi connectivity index (χ4v) is 2.48. The largest absolute Gasteiger partial charge is 0.478 e. The SMILES string of the molecule is CNC(C)C(=O)N[C@H](C(=O)N(C)[C@H](/C=C(\C)C(=O)O)C(C)C)C(C)(C)C. The summed E-state index contributed by atoms with van der Waals surface area (Å²) >= 11 is 0. The number of nitrogens with zero attached hydrogens (tertiary/aromatic N) is 1. The first-order chi connectivity index (χ1) is 11.7. The van der Waals surface area contributed by atoms with Crippen molar-refractivity contribution in [3.05, 3.63) is 11.6 Å². The van der Waals surface area contributed by atoms with Crippen molar-refractivity contribution in [3.63, 3.8) is 0 Å². The van der Waals surface area contributed by atoms with E-state index in [1.165, 1.54) is 11.8 Å². The second-order valence-corrected chi connectivity index (χ2v) is 8.16. The van der Waals surface area contributed by atoms with Crippen LogP contribution in [0.5, 0.6) is 0 Å². The van der Waals surface area contributed by atoms with Crippen molar-refractivity contribution in [1.82, 2.24) is 15.5 Å². The van der Waals surface area contributed by atoms with E-state index in [9.17, 15) is 14.4 Å². The van der Waals surface area contributed by atoms with Crippen molar-refractivity contribution >= 4 is 17.8 Å². The molecule has 0 aromatic rings. The van der Waals surface area contributed by atoms with E-state index in [1.807, 2.05) is 34.6 Å². The molecule has 3 N–H and O–H groups in total. The number of carbonyl (C=O) groups excluding carboxylic acids is 2. The summed E-state index contributed by atoms with van der Waals surface area (Å²) in [6.45, 7) is 12.7. The van der Waals surface area contributed by atoms with Gasteiger partial charge < -0.3 is 20.6 Å². The van der Waals surface area contributed by atoms with Crippen LogP contribution in [0.2, 0.25) is 0 Å². The normalized spacial score (nSPS) is 16.0. The summed E-state index contributed by atoms with van der Waals surface area (Å²) in [5, 5.41) is 14.8. The third-order valence-electron chi connectivity index (χ3n) is 4.46. The molecule has 0 fully saturated rings. The summed E-state index contributed by atoms with van der Waals surface area (Å²) < 4.78 is 0. The zero-order valence-electron chi connectivity index (χ0n) is 17.5. The number of likely N-dealkylation sites (N-methyl/N-ethyl adjacent to an activating group) is 2. The molecule has 2 amide bonds. The van der Waals surface area contributed by atoms with E-state index in [-0.39, 0.29) is 29.3 Å². The van der Waals surface area contributed by atoms with Crippen LogP contribution in [-0.2, 0) is 14.4 Å². The van der Waals surface area contributed by atoms with Gasteiger partial charge in [0.1, 0.15) is 6.04 Å². The van der Waals surface area contributed by atoms with Crippen LogP contribution in [0.25, 0.3) is 0 Å². The number of aliphatic carboxylic acids is 1. The van der Waals surface area contributed by atoms with E-state index in [0.717, 1.165) is 0 Å². The molecule has 0 aliphatic carbocycles. The molecule has 0 aliphatic rings. The third kappa shape index (κ3) is 6.78. The lowest BCUT2D eigenvalue weighted by Crippen LogP contribution is -2.58. The van der Waals surface area contributed by atoms with Crippen molar-refractivity contribution in [3.8, 4) is 0 Å². The van der Waals surface area contributed by atoms with Gasteiger partial charge in [0.2, 0.25) is 11.8 Å². The fourth-order valence-electron chi connectivity index (χ4n) is 2.48. The Hall–Kier alpha value is -1.89. The Balaban J connectivity index is 5.69. The average Bonchev–Trinajstić information content (AvgIpc) is 2.53. The Morgan fingerprint density at radius 3 is 1.96 bits per heavy atom. The molecule has 0 spiro atoms. The van der Waals surface area contributed by atoms with Crippen molar-refractivity contribution in [2.75, 3.05) is 14.1 Å². The number of carbonyl (C=O) groups is 3. The summed E-state index contributed by atoms with van der Waals surface area (Å²) in [4.78, 5) is 38.1. The highest BCUT2D eigenvalue weighted by molar-refractivity contribution is 5.90. The smallest absolute Gasteiger partial charge is 0.331 e. The van der Waals surface area contributed by atoms with Crippen LogP contribution in [0.3, 0.4) is 0 Å². The molecule has 0 bridgehead atoms. The maximum absolute atomic E-state index is 13.1. The minimum Gasteiger partial charge on any atom is -0.478 e. The molecule has 7 heteroatoms. The first-order valence-electron chi connectivity index (χ1n) is 8.90. The molecular formula is C19H35N3O4. The van der Waals surface area contributed by atoms with E-state index in [1.54, 1.807) is 27.1 Å². The zero-order valence-corrected chi connectivity index (χ0v) is 17.5. The maximum Gasteiger partial charge on any atom is 0.331 e. The first kappa shape index (κ1) is 24.1. The third-order valence-corrected chi connectivity index (χ3v) is 4.46. The predicted molar refractivity (Wildman–Crippen MR) is 103 cm³/mol. The Morgan fingerprint density at radius 2 is 1.62 bits per heavy atom. The van der Waals surface area contributed by atoms with Gasteiger partial charge in [-0.25, -0.2) is 4.79 Å². The molecule has 0 aromatic heterocycles. The van der Waals surface area contributed by atoms with Gasteiger partial charge in [0, 0.05) is 12.6 Å². The molecule has 0 radical (unpaired) electrons. The lowest BCUT2D eigenvalue weighted by atomic mass is 9.85. The Labute approximate surface area is 157 Å². The summed E-state index contributed by atoms with van der Waals surface area (Å²) in [7, 11) is 3.32. The van der Waals surface area contributed by atoms with Gasteiger partial charge in [-0.15, -0.1) is 0 Å². The number of nitrogens with one attached hydrogen (secondary N) is 2. The van der Waals surface area contributed by atoms with Crippen LogP contribution in [0.15, 0.2) is 11.6 Å². The average molecular weight is 370 g/mol. The van der Waals surface area contributed by atoms with Gasteiger partial charge in [0.05, 0.1) is 12.1 Å². The molecule has 0 saturated carbocycles. The standard InChI is InChI=1S/C19H35N3O4/c1-11(2)14(10-12(3)18(25)26)22(9)17(24)15(19(5,6)7)21-16(23)13(4)20-8/h10-11,13-15,20H,1-9H3,(H,21,23)(H,25,26)/b12-10+/t13?,14-,15-/m1/s1. The molecule has 0 aromatic carbocycles. The molecular weight excluding hydrogens is 334 g/mol. The van der Waals surface area contributed by atoms with Crippen LogP contribution in [-0.4, -0.2) is 60.0 Å². The Morgan fingerprint density at radius 1 is 1.12 bits per heavy atom. The predicted octanol–water partition coefficient (Wildman–Crippen LogP) is 1.64. The molecule has 150 valence electrons. The highest BCUT2D eigenvalue weighted by Gasteiger charge is 2.37. The Bertz CT molecular complexity index is 549. The monoisotopic (exact) mass is 369 g/mol. The summed E-state index contributed by atoms with van der Waals surface area (Å²) in [6, 6.07) is -1.54. The van der Waals surface area contributed by atoms with Gasteiger partial charge in [-0.1, -0.05) is 40.7 Å². The van der Waals surface area contributed by atoms with Crippen LogP contribution in [0.1, 0.15) is 48.5 Å². The number of amides is 2. The molecule has 0 heterocycles. The summed E-state index contributed by atoms with van der Waals surface area (Å²) in [5.74, 6) is -1.50. The quantitative estimate of drug-likeness (QED) is 0.565. The summed E-state index contributed by atoms with van der Waals surface area (Å²) in [6.07, 6.45) is 1.59. The number of hydrogen-bond acceptors (Lipinski definition) is 4. The topological polar surface area (TPSA) is 98.7 Å². The minimum atomic E-state index is -1.01. The highest BCUT2D eigenvalue weighted by atomic mass is 16.4. The fraction of sp³-hybridized carbons (Fsp3) is 0.737. The molecule has 0 rings (SSSR count). The van der Waals surface area contributed by atoms with Crippen LogP contribution in [0, 0.1) is 11.3 Å². The second kappa shape index (κ2) is 9.71. The van der Waals surface area contributed by atoms with Crippen LogP contribution < -0.4 is 10.6 Å². The first-order valence-corrected chi connectivity index (χ1v) is 8.90.